The second kappa shape index (κ2) is 5.33. The van der Waals surface area contributed by atoms with E-state index in [-0.39, 0.29) is 6.54 Å². The summed E-state index contributed by atoms with van der Waals surface area (Å²) < 4.78 is 1.96. The third-order valence-electron chi connectivity index (χ3n) is 3.10. The molecule has 2 rings (SSSR count). The van der Waals surface area contributed by atoms with Crippen molar-refractivity contribution in [3.63, 3.8) is 0 Å². The van der Waals surface area contributed by atoms with Crippen LogP contribution in [0.5, 0.6) is 0 Å². The first-order chi connectivity index (χ1) is 8.72. The largest absolute Gasteiger partial charge is 0.376 e. The Labute approximate surface area is 107 Å². The average molecular weight is 245 g/mol. The molecule has 0 aliphatic rings. The molecule has 0 bridgehead atoms. The van der Waals surface area contributed by atoms with E-state index in [1.807, 2.05) is 41.1 Å². The normalized spacial score (nSPS) is 14.4. The Balaban J connectivity index is 2.46. The van der Waals surface area contributed by atoms with E-state index in [9.17, 15) is 5.11 Å². The molecule has 1 aromatic heterocycles. The summed E-state index contributed by atoms with van der Waals surface area (Å²) in [4.78, 5) is 4.29. The standard InChI is InChI=1S/C14H19N3O/c1-2-9-17-10-8-16-13(17)14(18,11-15)12-6-4-3-5-7-12/h3-8,10,18H,2,9,11,15H2,1H3. The zero-order valence-electron chi connectivity index (χ0n) is 10.6. The SMILES string of the molecule is CCCn1ccnc1C(O)(CN)c1ccccc1. The van der Waals surface area contributed by atoms with Crippen molar-refractivity contribution in [3.05, 3.63) is 54.1 Å². The number of hydrogen-bond acceptors (Lipinski definition) is 3. The number of nitrogens with two attached hydrogens (primary N) is 1. The summed E-state index contributed by atoms with van der Waals surface area (Å²) in [6.45, 7) is 3.02. The number of aromatic nitrogens is 2. The Morgan fingerprint density at radius 2 is 2.06 bits per heavy atom. The molecule has 0 saturated carbocycles. The van der Waals surface area contributed by atoms with Crippen molar-refractivity contribution in [2.45, 2.75) is 25.5 Å². The molecule has 0 radical (unpaired) electrons. The van der Waals surface area contributed by atoms with Gasteiger partial charge in [-0.1, -0.05) is 37.3 Å². The zero-order valence-corrected chi connectivity index (χ0v) is 10.6. The lowest BCUT2D eigenvalue weighted by molar-refractivity contribution is 0.0763. The molecule has 0 spiro atoms. The van der Waals surface area contributed by atoms with E-state index in [2.05, 4.69) is 11.9 Å². The Hall–Kier alpha value is -1.65. The summed E-state index contributed by atoms with van der Waals surface area (Å²) in [5.41, 5.74) is 5.34. The van der Waals surface area contributed by atoms with E-state index < -0.39 is 5.60 Å². The summed E-state index contributed by atoms with van der Waals surface area (Å²) in [5.74, 6) is 0.609. The highest BCUT2D eigenvalue weighted by molar-refractivity contribution is 5.30. The highest BCUT2D eigenvalue weighted by Crippen LogP contribution is 2.27. The fourth-order valence-electron chi connectivity index (χ4n) is 2.15. The van der Waals surface area contributed by atoms with Gasteiger partial charge in [-0.2, -0.15) is 0 Å². The van der Waals surface area contributed by atoms with Gasteiger partial charge in [0.05, 0.1) is 0 Å². The molecule has 1 heterocycles. The summed E-state index contributed by atoms with van der Waals surface area (Å²) in [7, 11) is 0. The Morgan fingerprint density at radius 3 is 2.67 bits per heavy atom. The van der Waals surface area contributed by atoms with Gasteiger partial charge >= 0.3 is 0 Å². The van der Waals surface area contributed by atoms with Crippen LogP contribution in [0.15, 0.2) is 42.7 Å². The first kappa shape index (κ1) is 12.8. The van der Waals surface area contributed by atoms with Gasteiger partial charge in [0.1, 0.15) is 5.82 Å². The van der Waals surface area contributed by atoms with Crippen LogP contribution in [-0.4, -0.2) is 21.2 Å². The maximum atomic E-state index is 10.9. The average Bonchev–Trinajstić information content (AvgIpc) is 2.88. The van der Waals surface area contributed by atoms with Gasteiger partial charge in [-0.05, 0) is 12.0 Å². The number of aliphatic hydroxyl groups is 1. The van der Waals surface area contributed by atoms with Crippen molar-refractivity contribution in [1.29, 1.82) is 0 Å². The fraction of sp³-hybridized carbons (Fsp3) is 0.357. The lowest BCUT2D eigenvalue weighted by Gasteiger charge is -2.27. The number of hydrogen-bond donors (Lipinski definition) is 2. The predicted molar refractivity (Wildman–Crippen MR) is 71.0 cm³/mol. The first-order valence-electron chi connectivity index (χ1n) is 6.22. The van der Waals surface area contributed by atoms with Gasteiger partial charge in [-0.3, -0.25) is 0 Å². The quantitative estimate of drug-likeness (QED) is 0.838. The predicted octanol–water partition coefficient (Wildman–Crippen LogP) is 1.49. The van der Waals surface area contributed by atoms with Gasteiger partial charge in [0.15, 0.2) is 5.60 Å². The van der Waals surface area contributed by atoms with Gasteiger partial charge in [-0.25, -0.2) is 4.98 Å². The van der Waals surface area contributed by atoms with Crippen LogP contribution in [0.2, 0.25) is 0 Å². The Morgan fingerprint density at radius 1 is 1.33 bits per heavy atom. The molecule has 0 amide bonds. The van der Waals surface area contributed by atoms with E-state index in [0.29, 0.717) is 5.82 Å². The van der Waals surface area contributed by atoms with Gasteiger partial charge in [-0.15, -0.1) is 0 Å². The Kier molecular flexibility index (Phi) is 3.79. The highest BCUT2D eigenvalue weighted by Gasteiger charge is 2.34. The molecule has 0 aliphatic carbocycles. The van der Waals surface area contributed by atoms with Crippen LogP contribution in [0.1, 0.15) is 24.7 Å². The first-order valence-corrected chi connectivity index (χ1v) is 6.22. The molecule has 0 saturated heterocycles. The van der Waals surface area contributed by atoms with E-state index in [0.717, 1.165) is 18.5 Å². The number of imidazole rings is 1. The fourth-order valence-corrected chi connectivity index (χ4v) is 2.15. The van der Waals surface area contributed by atoms with Crippen LogP contribution < -0.4 is 5.73 Å². The third kappa shape index (κ3) is 2.17. The molecule has 0 aliphatic heterocycles. The number of benzene rings is 1. The second-order valence-electron chi connectivity index (χ2n) is 4.37. The lowest BCUT2D eigenvalue weighted by atomic mass is 9.93. The summed E-state index contributed by atoms with van der Waals surface area (Å²) >= 11 is 0. The molecular formula is C14H19N3O. The minimum absolute atomic E-state index is 0.109. The molecule has 18 heavy (non-hydrogen) atoms. The second-order valence-corrected chi connectivity index (χ2v) is 4.37. The van der Waals surface area contributed by atoms with Gasteiger partial charge < -0.3 is 15.4 Å². The molecule has 1 unspecified atom stereocenters. The van der Waals surface area contributed by atoms with Gasteiger partial charge in [0.25, 0.3) is 0 Å². The van der Waals surface area contributed by atoms with Gasteiger partial charge in [0, 0.05) is 25.5 Å². The summed E-state index contributed by atoms with van der Waals surface area (Å²) in [6, 6.07) is 9.45. The molecule has 2 aromatic rings. The maximum absolute atomic E-state index is 10.9. The molecule has 3 N–H and O–H groups in total. The smallest absolute Gasteiger partial charge is 0.159 e. The molecule has 4 heteroatoms. The minimum Gasteiger partial charge on any atom is -0.376 e. The van der Waals surface area contributed by atoms with Crippen LogP contribution in [0.4, 0.5) is 0 Å². The molecule has 4 nitrogen and oxygen atoms in total. The van der Waals surface area contributed by atoms with Crippen molar-refractivity contribution in [1.82, 2.24) is 9.55 Å². The zero-order chi connectivity index (χ0) is 13.0. The topological polar surface area (TPSA) is 64.1 Å². The summed E-state index contributed by atoms with van der Waals surface area (Å²) in [5, 5.41) is 10.9. The van der Waals surface area contributed by atoms with E-state index in [1.54, 1.807) is 6.20 Å². The van der Waals surface area contributed by atoms with Crippen LogP contribution in [0, 0.1) is 0 Å². The van der Waals surface area contributed by atoms with Gasteiger partial charge in [0.2, 0.25) is 0 Å². The van der Waals surface area contributed by atoms with Crippen LogP contribution in [-0.2, 0) is 12.1 Å². The number of rotatable bonds is 5. The summed E-state index contributed by atoms with van der Waals surface area (Å²) in [6.07, 6.45) is 4.57. The third-order valence-corrected chi connectivity index (χ3v) is 3.10. The number of nitrogens with zero attached hydrogens (tertiary/aromatic N) is 2. The molecule has 1 atom stereocenters. The van der Waals surface area contributed by atoms with Crippen molar-refractivity contribution < 1.29 is 5.11 Å². The molecule has 0 fully saturated rings. The molecule has 96 valence electrons. The van der Waals surface area contributed by atoms with Crippen molar-refractivity contribution >= 4 is 0 Å². The maximum Gasteiger partial charge on any atom is 0.159 e. The van der Waals surface area contributed by atoms with Crippen molar-refractivity contribution in [2.24, 2.45) is 5.73 Å². The van der Waals surface area contributed by atoms with Crippen LogP contribution in [0.25, 0.3) is 0 Å². The van der Waals surface area contributed by atoms with Crippen molar-refractivity contribution in [2.75, 3.05) is 6.54 Å². The highest BCUT2D eigenvalue weighted by atomic mass is 16.3. The lowest BCUT2D eigenvalue weighted by Crippen LogP contribution is -2.38. The van der Waals surface area contributed by atoms with Crippen LogP contribution in [0.3, 0.4) is 0 Å². The number of aryl methyl sites for hydroxylation is 1. The van der Waals surface area contributed by atoms with E-state index in [1.165, 1.54) is 0 Å². The van der Waals surface area contributed by atoms with Crippen molar-refractivity contribution in [3.8, 4) is 0 Å². The molecular weight excluding hydrogens is 226 g/mol. The monoisotopic (exact) mass is 245 g/mol. The minimum atomic E-state index is -1.22. The van der Waals surface area contributed by atoms with E-state index >= 15 is 0 Å². The van der Waals surface area contributed by atoms with Crippen LogP contribution >= 0.6 is 0 Å². The van der Waals surface area contributed by atoms with E-state index in [4.69, 9.17) is 5.73 Å². The Bertz CT molecular complexity index is 495. The molecule has 1 aromatic carbocycles.